The topological polar surface area (TPSA) is 40.5 Å². The Labute approximate surface area is 92.5 Å². The smallest absolute Gasteiger partial charge is 0.194 e. The van der Waals surface area contributed by atoms with E-state index in [2.05, 4.69) is 15.9 Å². The van der Waals surface area contributed by atoms with Gasteiger partial charge >= 0.3 is 0 Å². The Morgan fingerprint density at radius 1 is 1.13 bits per heavy atom. The number of rotatable bonds is 3. The van der Waals surface area contributed by atoms with Crippen LogP contribution in [-0.2, 0) is 0 Å². The zero-order valence-corrected chi connectivity index (χ0v) is 9.01. The number of alkyl halides is 1. The van der Waals surface area contributed by atoms with E-state index in [1.54, 1.807) is 0 Å². The molecule has 0 aliphatic carbocycles. The van der Waals surface area contributed by atoms with Gasteiger partial charge < -0.3 is 10.2 Å². The predicted molar refractivity (Wildman–Crippen MR) is 51.1 cm³/mol. The summed E-state index contributed by atoms with van der Waals surface area (Å²) in [7, 11) is 0. The molecule has 1 aromatic rings. The van der Waals surface area contributed by atoms with Crippen LogP contribution in [0.1, 0.15) is 11.7 Å². The Hall–Kier alpha value is -0.590. The maximum absolute atomic E-state index is 12.7. The van der Waals surface area contributed by atoms with Crippen molar-refractivity contribution in [3.63, 3.8) is 0 Å². The minimum Gasteiger partial charge on any atom is -0.389 e. The first-order chi connectivity index (χ1) is 6.97. The monoisotopic (exact) mass is 284 g/mol. The number of halogens is 4. The number of hydrogen-bond acceptors (Lipinski definition) is 2. The average molecular weight is 285 g/mol. The molecule has 0 amide bonds. The van der Waals surface area contributed by atoms with E-state index < -0.39 is 29.7 Å². The zero-order valence-electron chi connectivity index (χ0n) is 7.42. The molecular weight excluding hydrogens is 277 g/mol. The van der Waals surface area contributed by atoms with Crippen LogP contribution in [0.15, 0.2) is 12.1 Å². The van der Waals surface area contributed by atoms with Crippen LogP contribution in [-0.4, -0.2) is 21.6 Å². The van der Waals surface area contributed by atoms with Gasteiger partial charge in [0.25, 0.3) is 0 Å². The number of aliphatic hydroxyl groups excluding tert-OH is 2. The highest BCUT2D eigenvalue weighted by Gasteiger charge is 2.20. The molecule has 15 heavy (non-hydrogen) atoms. The van der Waals surface area contributed by atoms with Gasteiger partial charge in [-0.05, 0) is 17.7 Å². The van der Waals surface area contributed by atoms with Crippen molar-refractivity contribution in [3.05, 3.63) is 35.1 Å². The Morgan fingerprint density at radius 2 is 1.60 bits per heavy atom. The third-order valence-electron chi connectivity index (χ3n) is 1.87. The van der Waals surface area contributed by atoms with Crippen molar-refractivity contribution in [2.24, 2.45) is 0 Å². The molecule has 0 fully saturated rings. The van der Waals surface area contributed by atoms with Gasteiger partial charge in [-0.15, -0.1) is 0 Å². The number of aliphatic hydroxyl groups is 2. The van der Waals surface area contributed by atoms with Crippen LogP contribution < -0.4 is 0 Å². The van der Waals surface area contributed by atoms with E-state index in [-0.39, 0.29) is 10.9 Å². The van der Waals surface area contributed by atoms with Gasteiger partial charge in [-0.3, -0.25) is 0 Å². The van der Waals surface area contributed by atoms with Crippen molar-refractivity contribution >= 4 is 15.9 Å². The minimum atomic E-state index is -1.60. The van der Waals surface area contributed by atoms with Gasteiger partial charge in [0.1, 0.15) is 6.10 Å². The van der Waals surface area contributed by atoms with Gasteiger partial charge in [0.15, 0.2) is 17.5 Å². The lowest BCUT2D eigenvalue weighted by molar-refractivity contribution is 0.0338. The van der Waals surface area contributed by atoms with Crippen LogP contribution in [0.3, 0.4) is 0 Å². The highest BCUT2D eigenvalue weighted by atomic mass is 79.9. The summed E-state index contributed by atoms with van der Waals surface area (Å²) in [5, 5.41) is 18.6. The Balaban J connectivity index is 3.06. The molecule has 0 aliphatic rings. The molecule has 0 aromatic heterocycles. The van der Waals surface area contributed by atoms with Gasteiger partial charge in [0.05, 0.1) is 6.10 Å². The molecule has 1 aromatic carbocycles. The Bertz CT molecular complexity index is 336. The van der Waals surface area contributed by atoms with Crippen LogP contribution in [0.4, 0.5) is 13.2 Å². The molecule has 0 bridgehead atoms. The molecule has 0 heterocycles. The fourth-order valence-electron chi connectivity index (χ4n) is 1.05. The summed E-state index contributed by atoms with van der Waals surface area (Å²) < 4.78 is 38.1. The first kappa shape index (κ1) is 12.5. The van der Waals surface area contributed by atoms with E-state index in [0.717, 1.165) is 0 Å². The van der Waals surface area contributed by atoms with E-state index in [4.69, 9.17) is 0 Å². The van der Waals surface area contributed by atoms with E-state index in [1.807, 2.05) is 0 Å². The van der Waals surface area contributed by atoms with Crippen LogP contribution in [0.25, 0.3) is 0 Å². The van der Waals surface area contributed by atoms with Crippen LogP contribution in [0, 0.1) is 17.5 Å². The van der Waals surface area contributed by atoms with E-state index >= 15 is 0 Å². The molecule has 2 atom stereocenters. The van der Waals surface area contributed by atoms with Crippen molar-refractivity contribution in [1.82, 2.24) is 0 Å². The Morgan fingerprint density at radius 3 is 2.00 bits per heavy atom. The summed E-state index contributed by atoms with van der Waals surface area (Å²) in [5.74, 6) is -4.39. The first-order valence-electron chi connectivity index (χ1n) is 4.04. The summed E-state index contributed by atoms with van der Waals surface area (Å²) in [6.45, 7) is 0. The van der Waals surface area contributed by atoms with Gasteiger partial charge in [-0.1, -0.05) is 15.9 Å². The predicted octanol–water partition coefficient (Wildman–Crippen LogP) is 1.89. The molecule has 0 saturated heterocycles. The normalized spacial score (nSPS) is 15.1. The second-order valence-electron chi connectivity index (χ2n) is 2.97. The lowest BCUT2D eigenvalue weighted by atomic mass is 10.1. The van der Waals surface area contributed by atoms with Crippen LogP contribution in [0.2, 0.25) is 0 Å². The quantitative estimate of drug-likeness (QED) is 0.657. The lowest BCUT2D eigenvalue weighted by Gasteiger charge is -2.16. The zero-order chi connectivity index (χ0) is 11.6. The molecular formula is C9H8BrF3O2. The maximum Gasteiger partial charge on any atom is 0.194 e. The van der Waals surface area contributed by atoms with Crippen molar-refractivity contribution in [2.45, 2.75) is 12.2 Å². The highest BCUT2D eigenvalue weighted by molar-refractivity contribution is 9.09. The van der Waals surface area contributed by atoms with Crippen molar-refractivity contribution in [2.75, 3.05) is 5.33 Å². The maximum atomic E-state index is 12.7. The van der Waals surface area contributed by atoms with Gasteiger partial charge in [0.2, 0.25) is 0 Å². The van der Waals surface area contributed by atoms with Crippen molar-refractivity contribution in [1.29, 1.82) is 0 Å². The molecule has 1 rings (SSSR count). The van der Waals surface area contributed by atoms with Crippen molar-refractivity contribution < 1.29 is 23.4 Å². The van der Waals surface area contributed by atoms with Gasteiger partial charge in [-0.2, -0.15) is 0 Å². The van der Waals surface area contributed by atoms with E-state index in [0.29, 0.717) is 12.1 Å². The largest absolute Gasteiger partial charge is 0.389 e. The molecule has 0 radical (unpaired) electrons. The SMILES string of the molecule is OC(CBr)C(O)c1cc(F)c(F)c(F)c1. The lowest BCUT2D eigenvalue weighted by Crippen LogP contribution is -2.20. The second kappa shape index (κ2) is 4.96. The number of benzene rings is 1. The minimum absolute atomic E-state index is 0.0365. The molecule has 2 N–H and O–H groups in total. The fourth-order valence-corrected chi connectivity index (χ4v) is 1.41. The van der Waals surface area contributed by atoms with Crippen LogP contribution in [0.5, 0.6) is 0 Å². The van der Waals surface area contributed by atoms with E-state index in [1.165, 1.54) is 0 Å². The molecule has 84 valence electrons. The molecule has 0 aliphatic heterocycles. The summed E-state index contributed by atoms with van der Waals surface area (Å²) in [4.78, 5) is 0. The third kappa shape index (κ3) is 2.70. The van der Waals surface area contributed by atoms with Crippen LogP contribution >= 0.6 is 15.9 Å². The summed E-state index contributed by atoms with van der Waals surface area (Å²) in [6, 6.07) is 1.30. The first-order valence-corrected chi connectivity index (χ1v) is 5.16. The Kier molecular flexibility index (Phi) is 4.12. The molecule has 0 saturated carbocycles. The van der Waals surface area contributed by atoms with E-state index in [9.17, 15) is 23.4 Å². The van der Waals surface area contributed by atoms with Gasteiger partial charge in [0, 0.05) is 5.33 Å². The highest BCUT2D eigenvalue weighted by Crippen LogP contribution is 2.22. The summed E-state index contributed by atoms with van der Waals surface area (Å²) in [5.41, 5.74) is -0.210. The molecule has 6 heteroatoms. The summed E-state index contributed by atoms with van der Waals surface area (Å²) in [6.07, 6.45) is -2.68. The number of hydrogen-bond donors (Lipinski definition) is 2. The summed E-state index contributed by atoms with van der Waals surface area (Å²) >= 11 is 2.89. The van der Waals surface area contributed by atoms with Gasteiger partial charge in [-0.25, -0.2) is 13.2 Å². The standard InChI is InChI=1S/C9H8BrF3O2/c10-3-7(14)9(15)4-1-5(11)8(13)6(12)2-4/h1-2,7,9,14-15H,3H2. The van der Waals surface area contributed by atoms with Crippen molar-refractivity contribution in [3.8, 4) is 0 Å². The third-order valence-corrected chi connectivity index (χ3v) is 2.53. The molecule has 2 nitrogen and oxygen atoms in total. The average Bonchev–Trinajstić information content (AvgIpc) is 2.23. The molecule has 2 unspecified atom stereocenters. The molecule has 0 spiro atoms. The fraction of sp³-hybridized carbons (Fsp3) is 0.333. The second-order valence-corrected chi connectivity index (χ2v) is 3.61.